The standard InChI is InChI=1S/C18H16ClNO5/c1-11(21)25-17(13-4-2-3-5-14(13)19)18(22)20-9-12-6-7-15-16(8-12)24-10-23-15/h2-8,17H,9-10H2,1H3,(H,20,22)/t17-/m1/s1. The summed E-state index contributed by atoms with van der Waals surface area (Å²) in [6.07, 6.45) is -1.11. The summed E-state index contributed by atoms with van der Waals surface area (Å²) in [6, 6.07) is 12.1. The van der Waals surface area contributed by atoms with Gasteiger partial charge in [-0.2, -0.15) is 0 Å². The van der Waals surface area contributed by atoms with Crippen molar-refractivity contribution >= 4 is 23.5 Å². The van der Waals surface area contributed by atoms with Crippen molar-refractivity contribution in [2.24, 2.45) is 0 Å². The lowest BCUT2D eigenvalue weighted by Crippen LogP contribution is -2.31. The Morgan fingerprint density at radius 3 is 2.72 bits per heavy atom. The van der Waals surface area contributed by atoms with Gasteiger partial charge in [0.2, 0.25) is 12.9 Å². The topological polar surface area (TPSA) is 73.9 Å². The highest BCUT2D eigenvalue weighted by Crippen LogP contribution is 2.32. The molecule has 1 aliphatic heterocycles. The summed E-state index contributed by atoms with van der Waals surface area (Å²) < 4.78 is 15.7. The second-order valence-corrected chi connectivity index (χ2v) is 5.82. The van der Waals surface area contributed by atoms with Gasteiger partial charge >= 0.3 is 5.97 Å². The molecule has 0 saturated heterocycles. The maximum Gasteiger partial charge on any atom is 0.303 e. The number of hydrogen-bond donors (Lipinski definition) is 1. The first-order valence-corrected chi connectivity index (χ1v) is 8.00. The molecule has 0 bridgehead atoms. The summed E-state index contributed by atoms with van der Waals surface area (Å²) in [6.45, 7) is 1.68. The monoisotopic (exact) mass is 361 g/mol. The predicted octanol–water partition coefficient (Wildman–Crippen LogP) is 2.99. The molecule has 1 amide bonds. The number of nitrogens with one attached hydrogen (secondary N) is 1. The second-order valence-electron chi connectivity index (χ2n) is 5.42. The summed E-state index contributed by atoms with van der Waals surface area (Å²) in [7, 11) is 0. The molecule has 2 aromatic carbocycles. The molecule has 7 heteroatoms. The molecule has 0 saturated carbocycles. The van der Waals surface area contributed by atoms with E-state index in [0.717, 1.165) is 5.56 Å². The molecule has 6 nitrogen and oxygen atoms in total. The van der Waals surface area contributed by atoms with Crippen LogP contribution in [-0.4, -0.2) is 18.7 Å². The molecule has 25 heavy (non-hydrogen) atoms. The van der Waals surface area contributed by atoms with Crippen LogP contribution in [0.25, 0.3) is 0 Å². The van der Waals surface area contributed by atoms with Crippen LogP contribution in [0.4, 0.5) is 0 Å². The minimum atomic E-state index is -1.11. The van der Waals surface area contributed by atoms with E-state index >= 15 is 0 Å². The summed E-state index contributed by atoms with van der Waals surface area (Å²) >= 11 is 6.13. The van der Waals surface area contributed by atoms with Gasteiger partial charge in [-0.15, -0.1) is 0 Å². The fourth-order valence-electron chi connectivity index (χ4n) is 2.44. The number of amides is 1. The van der Waals surface area contributed by atoms with Crippen molar-refractivity contribution in [3.05, 3.63) is 58.6 Å². The van der Waals surface area contributed by atoms with Crippen LogP contribution in [0.15, 0.2) is 42.5 Å². The van der Waals surface area contributed by atoms with Crippen LogP contribution in [0.1, 0.15) is 24.2 Å². The van der Waals surface area contributed by atoms with Crippen LogP contribution in [-0.2, 0) is 20.9 Å². The average molecular weight is 362 g/mol. The van der Waals surface area contributed by atoms with Crippen LogP contribution < -0.4 is 14.8 Å². The van der Waals surface area contributed by atoms with Gasteiger partial charge in [0.25, 0.3) is 5.91 Å². The number of esters is 1. The summed E-state index contributed by atoms with van der Waals surface area (Å²) in [4.78, 5) is 23.9. The van der Waals surface area contributed by atoms with E-state index in [4.69, 9.17) is 25.8 Å². The highest BCUT2D eigenvalue weighted by Gasteiger charge is 2.25. The lowest BCUT2D eigenvalue weighted by atomic mass is 10.1. The molecule has 3 rings (SSSR count). The lowest BCUT2D eigenvalue weighted by molar-refractivity contribution is -0.154. The number of fused-ring (bicyclic) bond motifs is 1. The Hall–Kier alpha value is -2.73. The van der Waals surface area contributed by atoms with Crippen LogP contribution in [0.3, 0.4) is 0 Å². The maximum absolute atomic E-state index is 12.5. The van der Waals surface area contributed by atoms with Gasteiger partial charge in [-0.3, -0.25) is 9.59 Å². The van der Waals surface area contributed by atoms with Gasteiger partial charge in [0.1, 0.15) is 0 Å². The quantitative estimate of drug-likeness (QED) is 0.829. The highest BCUT2D eigenvalue weighted by molar-refractivity contribution is 6.31. The van der Waals surface area contributed by atoms with E-state index in [-0.39, 0.29) is 13.3 Å². The third kappa shape index (κ3) is 4.03. The summed E-state index contributed by atoms with van der Waals surface area (Å²) in [5.41, 5.74) is 1.26. The van der Waals surface area contributed by atoms with Gasteiger partial charge in [0.15, 0.2) is 11.5 Å². The fourth-order valence-corrected chi connectivity index (χ4v) is 2.68. The molecule has 0 fully saturated rings. The number of halogens is 1. The van der Waals surface area contributed by atoms with Gasteiger partial charge in [0.05, 0.1) is 0 Å². The first kappa shape index (κ1) is 17.1. The first-order valence-electron chi connectivity index (χ1n) is 7.62. The Labute approximate surface area is 149 Å². The average Bonchev–Trinajstić information content (AvgIpc) is 3.06. The van der Waals surface area contributed by atoms with E-state index in [1.807, 2.05) is 6.07 Å². The molecular weight excluding hydrogens is 346 g/mol. The molecule has 0 unspecified atom stereocenters. The normalized spacial score (nSPS) is 13.2. The summed E-state index contributed by atoms with van der Waals surface area (Å²) in [5.74, 6) is 0.280. The smallest absolute Gasteiger partial charge is 0.303 e. The molecule has 1 aliphatic rings. The Morgan fingerprint density at radius 2 is 1.96 bits per heavy atom. The third-order valence-corrected chi connectivity index (χ3v) is 3.96. The van der Waals surface area contributed by atoms with Crippen molar-refractivity contribution in [1.82, 2.24) is 5.32 Å². The predicted molar refractivity (Wildman–Crippen MR) is 90.4 cm³/mol. The zero-order valence-corrected chi connectivity index (χ0v) is 14.2. The number of benzene rings is 2. The number of hydrogen-bond acceptors (Lipinski definition) is 5. The third-order valence-electron chi connectivity index (χ3n) is 3.61. The first-order chi connectivity index (χ1) is 12.0. The largest absolute Gasteiger partial charge is 0.454 e. The minimum absolute atomic E-state index is 0.187. The zero-order valence-electron chi connectivity index (χ0n) is 13.5. The molecule has 2 aromatic rings. The SMILES string of the molecule is CC(=O)O[C@@H](C(=O)NCc1ccc2c(c1)OCO2)c1ccccc1Cl. The lowest BCUT2D eigenvalue weighted by Gasteiger charge is -2.18. The summed E-state index contributed by atoms with van der Waals surface area (Å²) in [5, 5.41) is 3.10. The van der Waals surface area contributed by atoms with Crippen molar-refractivity contribution in [1.29, 1.82) is 0 Å². The number of carbonyl (C=O) groups is 2. The van der Waals surface area contributed by atoms with Gasteiger partial charge in [0, 0.05) is 24.1 Å². The van der Waals surface area contributed by atoms with Crippen LogP contribution >= 0.6 is 11.6 Å². The molecule has 1 atom stereocenters. The molecule has 1 heterocycles. The van der Waals surface area contributed by atoms with Crippen LogP contribution in [0.5, 0.6) is 11.5 Å². The van der Waals surface area contributed by atoms with E-state index in [9.17, 15) is 9.59 Å². The van der Waals surface area contributed by atoms with E-state index < -0.39 is 18.0 Å². The van der Waals surface area contributed by atoms with E-state index in [2.05, 4.69) is 5.32 Å². The molecule has 1 N–H and O–H groups in total. The van der Waals surface area contributed by atoms with E-state index in [0.29, 0.717) is 22.1 Å². The molecule has 0 radical (unpaired) electrons. The maximum atomic E-state index is 12.5. The molecule has 130 valence electrons. The number of carbonyl (C=O) groups excluding carboxylic acids is 2. The number of rotatable bonds is 5. The van der Waals surface area contributed by atoms with Crippen LogP contribution in [0.2, 0.25) is 5.02 Å². The second kappa shape index (κ2) is 7.44. The van der Waals surface area contributed by atoms with Crippen LogP contribution in [0, 0.1) is 0 Å². The molecule has 0 aliphatic carbocycles. The van der Waals surface area contributed by atoms with Crippen molar-refractivity contribution < 1.29 is 23.8 Å². The van der Waals surface area contributed by atoms with Gasteiger partial charge in [-0.1, -0.05) is 35.9 Å². The molecular formula is C18H16ClNO5. The van der Waals surface area contributed by atoms with Gasteiger partial charge < -0.3 is 19.5 Å². The Kier molecular flexibility index (Phi) is 5.09. The Morgan fingerprint density at radius 1 is 1.20 bits per heavy atom. The Bertz CT molecular complexity index is 808. The van der Waals surface area contributed by atoms with Gasteiger partial charge in [-0.05, 0) is 23.8 Å². The fraction of sp³-hybridized carbons (Fsp3) is 0.222. The van der Waals surface area contributed by atoms with Gasteiger partial charge in [-0.25, -0.2) is 0 Å². The highest BCUT2D eigenvalue weighted by atomic mass is 35.5. The van der Waals surface area contributed by atoms with Crippen molar-refractivity contribution in [2.75, 3.05) is 6.79 Å². The molecule has 0 aromatic heterocycles. The minimum Gasteiger partial charge on any atom is -0.454 e. The van der Waals surface area contributed by atoms with E-state index in [1.54, 1.807) is 36.4 Å². The number of ether oxygens (including phenoxy) is 3. The zero-order chi connectivity index (χ0) is 17.8. The Balaban J connectivity index is 1.72. The van der Waals surface area contributed by atoms with Crippen molar-refractivity contribution in [3.63, 3.8) is 0 Å². The molecule has 0 spiro atoms. The van der Waals surface area contributed by atoms with Crippen molar-refractivity contribution in [3.8, 4) is 11.5 Å². The van der Waals surface area contributed by atoms with Crippen molar-refractivity contribution in [2.45, 2.75) is 19.6 Å². The van der Waals surface area contributed by atoms with E-state index in [1.165, 1.54) is 6.92 Å².